The van der Waals surface area contributed by atoms with Crippen molar-refractivity contribution in [3.05, 3.63) is 39.9 Å². The zero-order valence-electron chi connectivity index (χ0n) is 13.9. The van der Waals surface area contributed by atoms with E-state index in [1.807, 2.05) is 0 Å². The number of carbonyl (C=O) groups excluding carboxylic acids is 1. The SMILES string of the molecule is CON(C)C(=O)CCc1cnc(NS(=O)(=O)c2cccc(Cl)c2C)s1. The Kier molecular flexibility index (Phi) is 6.39. The standard InChI is InChI=1S/C15H18ClN3O4S2/c1-10-12(16)5-4-6-13(10)25(21,22)18-15-17-9-11(24-15)7-8-14(20)19(2)23-3/h4-6,9H,7-8H2,1-3H3,(H,17,18). The molecule has 1 amide bonds. The quantitative estimate of drug-likeness (QED) is 0.718. The number of hydrogen-bond acceptors (Lipinski definition) is 6. The Morgan fingerprint density at radius 3 is 2.84 bits per heavy atom. The summed E-state index contributed by atoms with van der Waals surface area (Å²) < 4.78 is 27.4. The monoisotopic (exact) mass is 403 g/mol. The number of nitrogens with one attached hydrogen (secondary N) is 1. The number of hydrogen-bond donors (Lipinski definition) is 1. The third-order valence-corrected chi connectivity index (χ3v) is 6.49. The first-order valence-corrected chi connectivity index (χ1v) is 9.95. The van der Waals surface area contributed by atoms with Crippen LogP contribution in [0, 0.1) is 6.92 Å². The van der Waals surface area contributed by atoms with E-state index in [0.717, 1.165) is 9.94 Å². The summed E-state index contributed by atoms with van der Waals surface area (Å²) in [6.07, 6.45) is 2.24. The molecular formula is C15H18ClN3O4S2. The minimum atomic E-state index is -3.78. The van der Waals surface area contributed by atoms with E-state index in [4.69, 9.17) is 16.4 Å². The zero-order valence-corrected chi connectivity index (χ0v) is 16.3. The maximum Gasteiger partial charge on any atom is 0.263 e. The summed E-state index contributed by atoms with van der Waals surface area (Å²) in [6, 6.07) is 4.69. The second-order valence-electron chi connectivity index (χ2n) is 5.17. The fraction of sp³-hybridized carbons (Fsp3) is 0.333. The van der Waals surface area contributed by atoms with Crippen molar-refractivity contribution >= 4 is 44.0 Å². The number of carbonyl (C=O) groups is 1. The van der Waals surface area contributed by atoms with Crippen LogP contribution in [0.5, 0.6) is 0 Å². The van der Waals surface area contributed by atoms with Gasteiger partial charge < -0.3 is 0 Å². The molecule has 10 heteroatoms. The third-order valence-electron chi connectivity index (χ3n) is 3.49. The van der Waals surface area contributed by atoms with Gasteiger partial charge in [-0.1, -0.05) is 17.7 Å². The first-order chi connectivity index (χ1) is 11.7. The van der Waals surface area contributed by atoms with Gasteiger partial charge >= 0.3 is 0 Å². The Labute approximate surface area is 155 Å². The van der Waals surface area contributed by atoms with E-state index in [1.54, 1.807) is 25.3 Å². The molecule has 0 aliphatic carbocycles. The smallest absolute Gasteiger partial charge is 0.263 e. The van der Waals surface area contributed by atoms with E-state index >= 15 is 0 Å². The van der Waals surface area contributed by atoms with Gasteiger partial charge in [-0.2, -0.15) is 0 Å². The molecule has 0 saturated heterocycles. The largest absolute Gasteiger partial charge is 0.275 e. The number of sulfonamides is 1. The van der Waals surface area contributed by atoms with Gasteiger partial charge in [0.2, 0.25) is 5.91 Å². The lowest BCUT2D eigenvalue weighted by Crippen LogP contribution is -2.25. The Morgan fingerprint density at radius 1 is 1.44 bits per heavy atom. The van der Waals surface area contributed by atoms with Crippen molar-refractivity contribution in [2.75, 3.05) is 18.9 Å². The molecule has 1 heterocycles. The van der Waals surface area contributed by atoms with Gasteiger partial charge in [0.15, 0.2) is 5.13 Å². The maximum absolute atomic E-state index is 12.5. The van der Waals surface area contributed by atoms with E-state index in [9.17, 15) is 13.2 Å². The van der Waals surface area contributed by atoms with Crippen LogP contribution in [0.2, 0.25) is 5.02 Å². The number of halogens is 1. The summed E-state index contributed by atoms with van der Waals surface area (Å²) in [7, 11) is -0.842. The minimum Gasteiger partial charge on any atom is -0.275 e. The van der Waals surface area contributed by atoms with Gasteiger partial charge in [-0.15, -0.1) is 11.3 Å². The fourth-order valence-electron chi connectivity index (χ4n) is 2.01. The molecule has 0 spiro atoms. The molecule has 0 atom stereocenters. The second-order valence-corrected chi connectivity index (χ2v) is 8.35. The number of thiazole rings is 1. The van der Waals surface area contributed by atoms with Gasteiger partial charge in [0, 0.05) is 29.6 Å². The number of aryl methyl sites for hydroxylation is 1. The maximum atomic E-state index is 12.5. The molecule has 1 aromatic heterocycles. The number of hydroxylamine groups is 2. The second kappa shape index (κ2) is 8.13. The van der Waals surface area contributed by atoms with Gasteiger partial charge in [-0.25, -0.2) is 18.5 Å². The van der Waals surface area contributed by atoms with Crippen LogP contribution < -0.4 is 4.72 Å². The van der Waals surface area contributed by atoms with Crippen LogP contribution >= 0.6 is 22.9 Å². The molecule has 0 radical (unpaired) electrons. The van der Waals surface area contributed by atoms with Crippen LogP contribution in [0.25, 0.3) is 0 Å². The first-order valence-electron chi connectivity index (χ1n) is 7.28. The molecule has 1 aromatic carbocycles. The normalized spacial score (nSPS) is 11.4. The highest BCUT2D eigenvalue weighted by atomic mass is 35.5. The zero-order chi connectivity index (χ0) is 18.6. The van der Waals surface area contributed by atoms with Gasteiger partial charge in [0.25, 0.3) is 10.0 Å². The van der Waals surface area contributed by atoms with Crippen LogP contribution in [0.1, 0.15) is 16.9 Å². The van der Waals surface area contributed by atoms with E-state index < -0.39 is 10.0 Å². The van der Waals surface area contributed by atoms with Gasteiger partial charge in [0.1, 0.15) is 0 Å². The van der Waals surface area contributed by atoms with Crippen molar-refractivity contribution in [3.8, 4) is 0 Å². The summed E-state index contributed by atoms with van der Waals surface area (Å²) in [4.78, 5) is 21.5. The van der Waals surface area contributed by atoms with Crippen LogP contribution in [0.4, 0.5) is 5.13 Å². The Balaban J connectivity index is 2.08. The average molecular weight is 404 g/mol. The Morgan fingerprint density at radius 2 is 2.16 bits per heavy atom. The molecule has 2 aromatic rings. The number of benzene rings is 1. The van der Waals surface area contributed by atoms with Crippen LogP contribution in [-0.4, -0.2) is 38.5 Å². The molecule has 0 saturated carbocycles. The van der Waals surface area contributed by atoms with Crippen LogP contribution in [0.3, 0.4) is 0 Å². The van der Waals surface area contributed by atoms with Gasteiger partial charge in [0.05, 0.1) is 12.0 Å². The molecular weight excluding hydrogens is 386 g/mol. The predicted molar refractivity (Wildman–Crippen MR) is 97.2 cm³/mol. The van der Waals surface area contributed by atoms with Crippen LogP contribution in [0.15, 0.2) is 29.3 Å². The van der Waals surface area contributed by atoms with Crippen molar-refractivity contribution in [1.82, 2.24) is 10.0 Å². The minimum absolute atomic E-state index is 0.105. The van der Waals surface area contributed by atoms with Crippen molar-refractivity contribution < 1.29 is 18.0 Å². The van der Waals surface area contributed by atoms with Crippen molar-refractivity contribution in [2.45, 2.75) is 24.7 Å². The summed E-state index contributed by atoms with van der Waals surface area (Å²) >= 11 is 7.16. The highest BCUT2D eigenvalue weighted by Gasteiger charge is 2.20. The lowest BCUT2D eigenvalue weighted by Gasteiger charge is -2.12. The molecule has 25 heavy (non-hydrogen) atoms. The molecule has 0 fully saturated rings. The van der Waals surface area contributed by atoms with Crippen molar-refractivity contribution in [1.29, 1.82) is 0 Å². The first kappa shape index (κ1) is 19.6. The van der Waals surface area contributed by atoms with Gasteiger partial charge in [-0.05, 0) is 31.0 Å². The van der Waals surface area contributed by atoms with Crippen LogP contribution in [-0.2, 0) is 26.1 Å². The van der Waals surface area contributed by atoms with Gasteiger partial charge in [-0.3, -0.25) is 14.4 Å². The molecule has 1 N–H and O–H groups in total. The number of aromatic nitrogens is 1. The summed E-state index contributed by atoms with van der Waals surface area (Å²) in [5.41, 5.74) is 0.474. The van der Waals surface area contributed by atoms with E-state index in [-0.39, 0.29) is 22.4 Å². The summed E-state index contributed by atoms with van der Waals surface area (Å²) in [5.74, 6) is -0.174. The summed E-state index contributed by atoms with van der Waals surface area (Å²) in [6.45, 7) is 1.64. The predicted octanol–water partition coefficient (Wildman–Crippen LogP) is 2.86. The molecule has 2 rings (SSSR count). The Bertz CT molecular complexity index is 867. The highest BCUT2D eigenvalue weighted by molar-refractivity contribution is 7.93. The number of rotatable bonds is 7. The number of amides is 1. The van der Waals surface area contributed by atoms with Crippen molar-refractivity contribution in [3.63, 3.8) is 0 Å². The van der Waals surface area contributed by atoms with E-state index in [2.05, 4.69) is 9.71 Å². The molecule has 7 nitrogen and oxygen atoms in total. The lowest BCUT2D eigenvalue weighted by atomic mass is 10.2. The van der Waals surface area contributed by atoms with Crippen molar-refractivity contribution in [2.24, 2.45) is 0 Å². The molecule has 136 valence electrons. The average Bonchev–Trinajstić information content (AvgIpc) is 3.00. The number of nitrogens with zero attached hydrogens (tertiary/aromatic N) is 2. The third kappa shape index (κ3) is 4.91. The Hall–Kier alpha value is -1.68. The van der Waals surface area contributed by atoms with E-state index in [1.165, 1.54) is 31.6 Å². The fourth-order valence-corrected chi connectivity index (χ4v) is 4.56. The molecule has 0 aliphatic rings. The molecule has 0 aliphatic heterocycles. The number of anilines is 1. The summed E-state index contributed by atoms with van der Waals surface area (Å²) in [5, 5.41) is 1.76. The lowest BCUT2D eigenvalue weighted by molar-refractivity contribution is -0.168. The van der Waals surface area contributed by atoms with E-state index in [0.29, 0.717) is 17.0 Å². The molecule has 0 bridgehead atoms. The highest BCUT2D eigenvalue weighted by Crippen LogP contribution is 2.27. The molecule has 0 unspecified atom stereocenters. The topological polar surface area (TPSA) is 88.6 Å².